The lowest BCUT2D eigenvalue weighted by atomic mass is 10.0. The zero-order valence-electron chi connectivity index (χ0n) is 15.1. The molecular weight excluding hydrogens is 404 g/mol. The van der Waals surface area contributed by atoms with Crippen LogP contribution in [0.1, 0.15) is 45.8 Å². The molecule has 0 aliphatic carbocycles. The molecule has 0 bridgehead atoms. The number of nitrogens with zero attached hydrogens (tertiary/aromatic N) is 3. The van der Waals surface area contributed by atoms with E-state index in [1.54, 1.807) is 0 Å². The minimum Gasteiger partial charge on any atom is -0.344 e. The number of alkyl halides is 6. The Morgan fingerprint density at radius 2 is 1.59 bits per heavy atom. The molecule has 1 unspecified atom stereocenters. The predicted molar refractivity (Wildman–Crippen MR) is 91.0 cm³/mol. The van der Waals surface area contributed by atoms with Crippen LogP contribution >= 0.6 is 0 Å². The number of benzene rings is 1. The molecule has 0 saturated heterocycles. The van der Waals surface area contributed by atoms with Crippen molar-refractivity contribution >= 4 is 12.1 Å². The van der Waals surface area contributed by atoms with E-state index in [0.29, 0.717) is 12.1 Å². The standard InChI is InChI=1S/C17H15F6N5O/c1-9(14-13(8-27-24-2)25-3-4-26-14)28-15(29)10-5-11(16(18,19)20)7-12(6-10)17(21,22)23/h3-9,24H,1-2H3,(H,28,29)/b27-8+. The maximum Gasteiger partial charge on any atom is 0.416 e. The average molecular weight is 419 g/mol. The van der Waals surface area contributed by atoms with Gasteiger partial charge in [-0.25, -0.2) is 0 Å². The van der Waals surface area contributed by atoms with Gasteiger partial charge < -0.3 is 10.7 Å². The van der Waals surface area contributed by atoms with Gasteiger partial charge in [0.25, 0.3) is 5.91 Å². The van der Waals surface area contributed by atoms with Gasteiger partial charge in [-0.05, 0) is 25.1 Å². The van der Waals surface area contributed by atoms with Crippen molar-refractivity contribution in [1.29, 1.82) is 0 Å². The van der Waals surface area contributed by atoms with E-state index in [1.807, 2.05) is 0 Å². The van der Waals surface area contributed by atoms with Crippen LogP contribution in [0.4, 0.5) is 26.3 Å². The second-order valence-corrected chi connectivity index (χ2v) is 5.80. The molecule has 0 saturated carbocycles. The molecular formula is C17H15F6N5O. The fourth-order valence-corrected chi connectivity index (χ4v) is 2.35. The minimum atomic E-state index is -5.05. The summed E-state index contributed by atoms with van der Waals surface area (Å²) in [7, 11) is 1.53. The molecule has 1 aromatic carbocycles. The molecule has 0 fully saturated rings. The highest BCUT2D eigenvalue weighted by Gasteiger charge is 2.37. The van der Waals surface area contributed by atoms with Gasteiger partial charge in [-0.3, -0.25) is 14.8 Å². The van der Waals surface area contributed by atoms with Crippen LogP contribution in [0.25, 0.3) is 0 Å². The van der Waals surface area contributed by atoms with Crippen LogP contribution < -0.4 is 10.7 Å². The van der Waals surface area contributed by atoms with Gasteiger partial charge in [0.2, 0.25) is 0 Å². The van der Waals surface area contributed by atoms with Gasteiger partial charge in [0.1, 0.15) is 5.69 Å². The summed E-state index contributed by atoms with van der Waals surface area (Å²) in [4.78, 5) is 20.4. The molecule has 12 heteroatoms. The lowest BCUT2D eigenvalue weighted by Crippen LogP contribution is -2.29. The first-order chi connectivity index (χ1) is 13.4. The Labute approximate surface area is 161 Å². The first kappa shape index (κ1) is 22.1. The zero-order chi connectivity index (χ0) is 21.8. The van der Waals surface area contributed by atoms with Crippen LogP contribution in [-0.4, -0.2) is 29.1 Å². The second-order valence-electron chi connectivity index (χ2n) is 5.80. The molecule has 1 atom stereocenters. The van der Waals surface area contributed by atoms with E-state index < -0.39 is 41.0 Å². The number of carbonyl (C=O) groups excluding carboxylic acids is 1. The van der Waals surface area contributed by atoms with Crippen LogP contribution in [0.5, 0.6) is 0 Å². The molecule has 0 aliphatic rings. The van der Waals surface area contributed by atoms with Crippen molar-refractivity contribution in [3.05, 3.63) is 58.7 Å². The van der Waals surface area contributed by atoms with Crippen LogP contribution in [-0.2, 0) is 12.4 Å². The Morgan fingerprint density at radius 3 is 2.10 bits per heavy atom. The van der Waals surface area contributed by atoms with Crippen molar-refractivity contribution < 1.29 is 31.1 Å². The Kier molecular flexibility index (Phi) is 6.44. The van der Waals surface area contributed by atoms with Gasteiger partial charge in [-0.15, -0.1) is 0 Å². The molecule has 2 rings (SSSR count). The number of halogens is 6. The molecule has 0 spiro atoms. The smallest absolute Gasteiger partial charge is 0.344 e. The number of carbonyl (C=O) groups is 1. The molecule has 6 nitrogen and oxygen atoms in total. The lowest BCUT2D eigenvalue weighted by Gasteiger charge is -2.17. The van der Waals surface area contributed by atoms with E-state index in [2.05, 4.69) is 25.8 Å². The van der Waals surface area contributed by atoms with Crippen LogP contribution in [0.15, 0.2) is 35.7 Å². The molecule has 2 aromatic rings. The third kappa shape index (κ3) is 5.65. The Balaban J connectivity index is 2.37. The molecule has 1 heterocycles. The van der Waals surface area contributed by atoms with Gasteiger partial charge in [-0.2, -0.15) is 31.4 Å². The monoisotopic (exact) mass is 419 g/mol. The summed E-state index contributed by atoms with van der Waals surface area (Å²) < 4.78 is 77.8. The van der Waals surface area contributed by atoms with Gasteiger partial charge in [0.15, 0.2) is 0 Å². The van der Waals surface area contributed by atoms with Crippen LogP contribution in [0.2, 0.25) is 0 Å². The Bertz CT molecular complexity index is 878. The van der Waals surface area contributed by atoms with E-state index in [4.69, 9.17) is 0 Å². The molecule has 0 radical (unpaired) electrons. The van der Waals surface area contributed by atoms with Gasteiger partial charge >= 0.3 is 12.4 Å². The number of aromatic nitrogens is 2. The SMILES string of the molecule is CN/N=C/c1nccnc1C(C)NC(=O)c1cc(C(F)(F)F)cc(C(F)(F)F)c1. The summed E-state index contributed by atoms with van der Waals surface area (Å²) in [5.41, 5.74) is -0.964. The third-order valence-electron chi connectivity index (χ3n) is 3.68. The quantitative estimate of drug-likeness (QED) is 0.441. The van der Waals surface area contributed by atoms with E-state index in [-0.39, 0.29) is 17.5 Å². The maximum absolute atomic E-state index is 13.0. The number of nitrogens with one attached hydrogen (secondary N) is 2. The van der Waals surface area contributed by atoms with E-state index in [1.165, 1.54) is 32.6 Å². The number of hydrogen-bond acceptors (Lipinski definition) is 5. The lowest BCUT2D eigenvalue weighted by molar-refractivity contribution is -0.143. The highest BCUT2D eigenvalue weighted by Crippen LogP contribution is 2.36. The van der Waals surface area contributed by atoms with Crippen molar-refractivity contribution in [2.45, 2.75) is 25.3 Å². The molecule has 29 heavy (non-hydrogen) atoms. The predicted octanol–water partition coefficient (Wildman–Crippen LogP) is 3.56. The van der Waals surface area contributed by atoms with E-state index in [0.717, 1.165) is 0 Å². The molecule has 1 amide bonds. The summed E-state index contributed by atoms with van der Waals surface area (Å²) in [5, 5.41) is 6.09. The summed E-state index contributed by atoms with van der Waals surface area (Å²) in [6.45, 7) is 1.46. The topological polar surface area (TPSA) is 79.3 Å². The second kappa shape index (κ2) is 8.45. The van der Waals surface area contributed by atoms with E-state index >= 15 is 0 Å². The highest BCUT2D eigenvalue weighted by molar-refractivity contribution is 5.95. The first-order valence-corrected chi connectivity index (χ1v) is 8.04. The number of hydrogen-bond donors (Lipinski definition) is 2. The van der Waals surface area contributed by atoms with Crippen molar-refractivity contribution in [2.75, 3.05) is 7.05 Å². The Morgan fingerprint density at radius 1 is 1.03 bits per heavy atom. The molecule has 1 aromatic heterocycles. The first-order valence-electron chi connectivity index (χ1n) is 8.04. The fourth-order valence-electron chi connectivity index (χ4n) is 2.35. The summed E-state index contributed by atoms with van der Waals surface area (Å²) in [6, 6.07) is -0.206. The Hall–Kier alpha value is -3.18. The largest absolute Gasteiger partial charge is 0.416 e. The minimum absolute atomic E-state index is 0.0464. The van der Waals surface area contributed by atoms with Crippen molar-refractivity contribution in [3.8, 4) is 0 Å². The molecule has 0 aliphatic heterocycles. The summed E-state index contributed by atoms with van der Waals surface area (Å²) in [5.74, 6) is -1.13. The van der Waals surface area contributed by atoms with E-state index in [9.17, 15) is 31.1 Å². The fraction of sp³-hybridized carbons (Fsp3) is 0.294. The number of hydrazone groups is 1. The summed E-state index contributed by atoms with van der Waals surface area (Å²) in [6.07, 6.45) is -6.12. The average Bonchev–Trinajstić information content (AvgIpc) is 2.64. The van der Waals surface area contributed by atoms with Gasteiger partial charge in [0.05, 0.1) is 29.1 Å². The normalized spacial score (nSPS) is 13.4. The van der Waals surface area contributed by atoms with Crippen LogP contribution in [0.3, 0.4) is 0 Å². The zero-order valence-corrected chi connectivity index (χ0v) is 15.1. The van der Waals surface area contributed by atoms with Crippen molar-refractivity contribution in [3.63, 3.8) is 0 Å². The van der Waals surface area contributed by atoms with Gasteiger partial charge in [-0.1, -0.05) is 0 Å². The van der Waals surface area contributed by atoms with Crippen molar-refractivity contribution in [2.24, 2.45) is 5.10 Å². The molecule has 2 N–H and O–H groups in total. The van der Waals surface area contributed by atoms with Gasteiger partial charge in [0, 0.05) is 25.0 Å². The maximum atomic E-state index is 13.0. The highest BCUT2D eigenvalue weighted by atomic mass is 19.4. The van der Waals surface area contributed by atoms with Crippen molar-refractivity contribution in [1.82, 2.24) is 20.7 Å². The summed E-state index contributed by atoms with van der Waals surface area (Å²) >= 11 is 0. The van der Waals surface area contributed by atoms with Crippen LogP contribution in [0, 0.1) is 0 Å². The number of amides is 1. The number of rotatable bonds is 5. The molecule has 156 valence electrons. The third-order valence-corrected chi connectivity index (χ3v) is 3.68.